The van der Waals surface area contributed by atoms with Crippen molar-refractivity contribution in [2.24, 2.45) is 0 Å². The summed E-state index contributed by atoms with van der Waals surface area (Å²) in [6.07, 6.45) is 3.74. The Kier molecular flexibility index (Phi) is 5.38. The number of rotatable bonds is 5. The summed E-state index contributed by atoms with van der Waals surface area (Å²) in [6, 6.07) is 4.18. The van der Waals surface area contributed by atoms with Gasteiger partial charge in [-0.15, -0.1) is 0 Å². The van der Waals surface area contributed by atoms with Crippen molar-refractivity contribution < 1.29 is 27.3 Å². The predicted molar refractivity (Wildman–Crippen MR) is 117 cm³/mol. The number of fused-ring (bicyclic) bond motifs is 1. The lowest BCUT2D eigenvalue weighted by atomic mass is 9.96. The van der Waals surface area contributed by atoms with Crippen molar-refractivity contribution in [2.45, 2.75) is 57.7 Å². The molecule has 4 rings (SSSR count). The number of sulfonamides is 1. The molecule has 0 radical (unpaired) electrons. The second-order valence-electron chi connectivity index (χ2n) is 8.45. The van der Waals surface area contributed by atoms with E-state index in [2.05, 4.69) is 10.5 Å². The molecule has 1 aromatic carbocycles. The Labute approximate surface area is 185 Å². The van der Waals surface area contributed by atoms with E-state index in [1.54, 1.807) is 6.92 Å². The van der Waals surface area contributed by atoms with Gasteiger partial charge in [0.05, 0.1) is 23.2 Å². The maximum atomic E-state index is 12.8. The molecule has 1 aliphatic rings. The van der Waals surface area contributed by atoms with E-state index in [4.69, 9.17) is 8.94 Å². The quantitative estimate of drug-likeness (QED) is 0.528. The second kappa shape index (κ2) is 7.79. The molecule has 0 atom stereocenters. The van der Waals surface area contributed by atoms with Gasteiger partial charge in [-0.1, -0.05) is 17.3 Å². The van der Waals surface area contributed by atoms with Crippen LogP contribution in [0, 0.1) is 13.8 Å². The topological polar surface area (TPSA) is 135 Å². The molecule has 3 N–H and O–H groups in total. The fourth-order valence-corrected chi connectivity index (χ4v) is 4.83. The normalized spacial score (nSPS) is 13.8. The smallest absolute Gasteiger partial charge is 0.333 e. The summed E-state index contributed by atoms with van der Waals surface area (Å²) >= 11 is 0. The molecule has 3 aromatic rings. The number of benzene rings is 1. The average molecular weight is 460 g/mol. The largest absolute Gasteiger partial charge is 0.451 e. The standard InChI is InChI=1S/C22H25N3O6S/c1-12-19(13(2)31-24-12)17-9-8-14-6-5-7-16(14)20(17)23-21(26)25-32(28,29)18-10-15(11-30-18)22(3,4)27/h8-11,27H,5-7H2,1-4H3,(H2,23,25,26). The minimum atomic E-state index is -4.29. The molecule has 2 heterocycles. The number of hydrogen-bond acceptors (Lipinski definition) is 7. The Morgan fingerprint density at radius 2 is 1.97 bits per heavy atom. The van der Waals surface area contributed by atoms with E-state index in [0.29, 0.717) is 17.1 Å². The highest BCUT2D eigenvalue weighted by atomic mass is 32.2. The summed E-state index contributed by atoms with van der Waals surface area (Å²) in [4.78, 5) is 12.8. The molecule has 0 bridgehead atoms. The number of amides is 2. The molecule has 0 aliphatic heterocycles. The molecule has 2 amide bonds. The summed E-state index contributed by atoms with van der Waals surface area (Å²) in [5.41, 5.74) is 3.77. The van der Waals surface area contributed by atoms with Gasteiger partial charge >= 0.3 is 6.03 Å². The van der Waals surface area contributed by atoms with Crippen LogP contribution in [0.2, 0.25) is 0 Å². The van der Waals surface area contributed by atoms with Crippen LogP contribution in [0.5, 0.6) is 0 Å². The van der Waals surface area contributed by atoms with Crippen LogP contribution in [0.25, 0.3) is 11.1 Å². The van der Waals surface area contributed by atoms with Crippen molar-refractivity contribution in [3.8, 4) is 11.1 Å². The number of urea groups is 1. The SMILES string of the molecule is Cc1noc(C)c1-c1ccc2c(c1NC(=O)NS(=O)(=O)c1cc(C(C)(C)O)co1)CCC2. The van der Waals surface area contributed by atoms with Gasteiger partial charge in [0.2, 0.25) is 5.09 Å². The van der Waals surface area contributed by atoms with Gasteiger partial charge in [0.25, 0.3) is 10.0 Å². The van der Waals surface area contributed by atoms with Gasteiger partial charge < -0.3 is 19.4 Å². The molecule has 10 heteroatoms. The number of aliphatic hydroxyl groups is 1. The number of furan rings is 1. The number of aryl methyl sites for hydroxylation is 3. The molecule has 0 unspecified atom stereocenters. The van der Waals surface area contributed by atoms with E-state index >= 15 is 0 Å². The Balaban J connectivity index is 1.65. The fraction of sp³-hybridized carbons (Fsp3) is 0.364. The third-order valence-electron chi connectivity index (χ3n) is 5.60. The zero-order valence-electron chi connectivity index (χ0n) is 18.3. The first kappa shape index (κ1) is 22.1. The Morgan fingerprint density at radius 3 is 2.59 bits per heavy atom. The maximum absolute atomic E-state index is 12.8. The number of hydrogen-bond donors (Lipinski definition) is 3. The minimum absolute atomic E-state index is 0.278. The van der Waals surface area contributed by atoms with E-state index in [1.165, 1.54) is 19.9 Å². The highest BCUT2D eigenvalue weighted by Crippen LogP contribution is 2.40. The third kappa shape index (κ3) is 4.03. The number of aromatic nitrogens is 1. The summed E-state index contributed by atoms with van der Waals surface area (Å²) in [5, 5.41) is 16.3. The number of nitrogens with zero attached hydrogens (tertiary/aromatic N) is 1. The lowest BCUT2D eigenvalue weighted by molar-refractivity contribution is 0.0779. The van der Waals surface area contributed by atoms with E-state index in [0.717, 1.165) is 47.8 Å². The minimum Gasteiger partial charge on any atom is -0.451 e. The highest BCUT2D eigenvalue weighted by molar-refractivity contribution is 7.89. The van der Waals surface area contributed by atoms with Crippen LogP contribution in [0.3, 0.4) is 0 Å². The van der Waals surface area contributed by atoms with E-state index in [9.17, 15) is 18.3 Å². The van der Waals surface area contributed by atoms with E-state index in [-0.39, 0.29) is 5.56 Å². The molecule has 0 saturated carbocycles. The molecule has 9 nitrogen and oxygen atoms in total. The highest BCUT2D eigenvalue weighted by Gasteiger charge is 2.28. The van der Waals surface area contributed by atoms with Crippen molar-refractivity contribution in [2.75, 3.05) is 5.32 Å². The number of carbonyl (C=O) groups is 1. The summed E-state index contributed by atoms with van der Waals surface area (Å²) in [6.45, 7) is 6.60. The number of nitrogens with one attached hydrogen (secondary N) is 2. The molecule has 0 fully saturated rings. The third-order valence-corrected chi connectivity index (χ3v) is 6.80. The van der Waals surface area contributed by atoms with Crippen LogP contribution in [-0.2, 0) is 28.5 Å². The van der Waals surface area contributed by atoms with Gasteiger partial charge in [0.15, 0.2) is 0 Å². The zero-order chi connectivity index (χ0) is 23.3. The second-order valence-corrected chi connectivity index (χ2v) is 10.1. The van der Waals surface area contributed by atoms with Crippen LogP contribution in [0.1, 0.15) is 48.4 Å². The fourth-order valence-electron chi connectivity index (χ4n) is 3.97. The van der Waals surface area contributed by atoms with E-state index in [1.807, 2.05) is 23.8 Å². The molecule has 2 aromatic heterocycles. The summed E-state index contributed by atoms with van der Waals surface area (Å²) in [5.74, 6) is 0.603. The first-order valence-electron chi connectivity index (χ1n) is 10.2. The van der Waals surface area contributed by atoms with Gasteiger partial charge in [0.1, 0.15) is 5.76 Å². The molecular formula is C22H25N3O6S. The van der Waals surface area contributed by atoms with Crippen molar-refractivity contribution in [1.82, 2.24) is 9.88 Å². The van der Waals surface area contributed by atoms with Crippen molar-refractivity contribution in [1.29, 1.82) is 0 Å². The van der Waals surface area contributed by atoms with E-state index < -0.39 is 26.7 Å². The molecule has 0 spiro atoms. The predicted octanol–water partition coefficient (Wildman–Crippen LogP) is 3.78. The van der Waals surface area contributed by atoms with Gasteiger partial charge in [0, 0.05) is 22.8 Å². The van der Waals surface area contributed by atoms with Gasteiger partial charge in [-0.2, -0.15) is 8.42 Å². The molecule has 0 saturated heterocycles. The number of anilines is 1. The van der Waals surface area contributed by atoms with Crippen molar-refractivity contribution in [3.05, 3.63) is 52.6 Å². The Hall–Kier alpha value is -3.11. The lowest BCUT2D eigenvalue weighted by Gasteiger charge is -2.16. The zero-order valence-corrected chi connectivity index (χ0v) is 19.1. The first-order valence-corrected chi connectivity index (χ1v) is 11.7. The van der Waals surface area contributed by atoms with Crippen LogP contribution in [0.15, 0.2) is 38.5 Å². The molecule has 32 heavy (non-hydrogen) atoms. The molecular weight excluding hydrogens is 434 g/mol. The number of carbonyl (C=O) groups excluding carboxylic acids is 1. The van der Waals surface area contributed by atoms with Crippen LogP contribution in [0.4, 0.5) is 10.5 Å². The molecule has 1 aliphatic carbocycles. The summed E-state index contributed by atoms with van der Waals surface area (Å²) in [7, 11) is -4.29. The Morgan fingerprint density at radius 1 is 1.22 bits per heavy atom. The van der Waals surface area contributed by atoms with Gasteiger partial charge in [-0.25, -0.2) is 9.52 Å². The van der Waals surface area contributed by atoms with Gasteiger partial charge in [-0.3, -0.25) is 0 Å². The average Bonchev–Trinajstić information content (AvgIpc) is 3.42. The molecule has 170 valence electrons. The Bertz CT molecular complexity index is 1280. The lowest BCUT2D eigenvalue weighted by Crippen LogP contribution is -2.34. The monoisotopic (exact) mass is 459 g/mol. The van der Waals surface area contributed by atoms with Gasteiger partial charge in [-0.05, 0) is 58.1 Å². The van der Waals surface area contributed by atoms with Crippen LogP contribution in [-0.4, -0.2) is 24.7 Å². The van der Waals surface area contributed by atoms with Crippen molar-refractivity contribution in [3.63, 3.8) is 0 Å². The summed E-state index contributed by atoms with van der Waals surface area (Å²) < 4.78 is 37.7. The van der Waals surface area contributed by atoms with Crippen molar-refractivity contribution >= 4 is 21.7 Å². The maximum Gasteiger partial charge on any atom is 0.333 e. The first-order chi connectivity index (χ1) is 15.0. The van der Waals surface area contributed by atoms with Crippen LogP contribution < -0.4 is 10.0 Å². The van der Waals surface area contributed by atoms with Crippen LogP contribution >= 0.6 is 0 Å².